The summed E-state index contributed by atoms with van der Waals surface area (Å²) in [6, 6.07) is 15.2. The van der Waals surface area contributed by atoms with E-state index < -0.39 is 0 Å². The maximum absolute atomic E-state index is 11.8. The third-order valence-corrected chi connectivity index (χ3v) is 3.33. The zero-order valence-corrected chi connectivity index (χ0v) is 13.3. The lowest BCUT2D eigenvalue weighted by Gasteiger charge is -2.06. The summed E-state index contributed by atoms with van der Waals surface area (Å²) in [5.41, 5.74) is 6.18. The number of nitrogens with zero attached hydrogens (tertiary/aromatic N) is 1. The van der Waals surface area contributed by atoms with Gasteiger partial charge in [0.05, 0.1) is 12.3 Å². The summed E-state index contributed by atoms with van der Waals surface area (Å²) in [5.74, 6) is -0.207. The van der Waals surface area contributed by atoms with Crippen molar-refractivity contribution in [1.29, 1.82) is 0 Å². The van der Waals surface area contributed by atoms with E-state index in [4.69, 9.17) is 11.6 Å². The Kier molecular flexibility index (Phi) is 5.55. The molecule has 0 aromatic heterocycles. The number of anilines is 1. The summed E-state index contributed by atoms with van der Waals surface area (Å²) in [6.07, 6.45) is 0. The molecule has 22 heavy (non-hydrogen) atoms. The fourth-order valence-electron chi connectivity index (χ4n) is 1.82. The van der Waals surface area contributed by atoms with Gasteiger partial charge in [-0.25, -0.2) is 5.43 Å². The Balaban J connectivity index is 1.86. The van der Waals surface area contributed by atoms with Crippen molar-refractivity contribution >= 4 is 28.9 Å². The fourth-order valence-corrected chi connectivity index (χ4v) is 2.01. The van der Waals surface area contributed by atoms with Crippen molar-refractivity contribution in [3.05, 3.63) is 64.7 Å². The van der Waals surface area contributed by atoms with Crippen LogP contribution in [0.15, 0.2) is 53.6 Å². The van der Waals surface area contributed by atoms with Crippen LogP contribution in [0.1, 0.15) is 18.1 Å². The normalized spacial score (nSPS) is 11.1. The highest BCUT2D eigenvalue weighted by atomic mass is 35.5. The summed E-state index contributed by atoms with van der Waals surface area (Å²) in [7, 11) is 0. The first-order chi connectivity index (χ1) is 10.5. The Morgan fingerprint density at radius 3 is 2.59 bits per heavy atom. The molecule has 0 spiro atoms. The van der Waals surface area contributed by atoms with E-state index in [0.717, 1.165) is 11.3 Å². The molecular weight excluding hydrogens is 298 g/mol. The number of halogens is 1. The molecule has 0 aliphatic rings. The summed E-state index contributed by atoms with van der Waals surface area (Å²) in [5, 5.41) is 7.76. The Labute approximate surface area is 135 Å². The molecule has 0 saturated heterocycles. The average molecular weight is 316 g/mol. The molecule has 4 nitrogen and oxygen atoms in total. The van der Waals surface area contributed by atoms with Crippen molar-refractivity contribution in [3.63, 3.8) is 0 Å². The van der Waals surface area contributed by atoms with Gasteiger partial charge >= 0.3 is 0 Å². The second-order valence-corrected chi connectivity index (χ2v) is 5.40. The van der Waals surface area contributed by atoms with Crippen LogP contribution >= 0.6 is 11.6 Å². The van der Waals surface area contributed by atoms with Crippen LogP contribution in [0.4, 0.5) is 5.69 Å². The van der Waals surface area contributed by atoms with E-state index in [2.05, 4.69) is 15.8 Å². The number of hydrogen-bond donors (Lipinski definition) is 2. The number of aryl methyl sites for hydroxylation is 1. The third kappa shape index (κ3) is 4.90. The minimum Gasteiger partial charge on any atom is -0.376 e. The topological polar surface area (TPSA) is 53.5 Å². The number of amides is 1. The van der Waals surface area contributed by atoms with Gasteiger partial charge in [0.2, 0.25) is 0 Å². The smallest absolute Gasteiger partial charge is 0.259 e. The number of hydrogen-bond acceptors (Lipinski definition) is 3. The summed E-state index contributed by atoms with van der Waals surface area (Å²) in [6.45, 7) is 4.00. The molecule has 5 heteroatoms. The van der Waals surface area contributed by atoms with Gasteiger partial charge < -0.3 is 5.32 Å². The first-order valence-electron chi connectivity index (χ1n) is 6.94. The number of carbonyl (C=O) groups is 1. The molecule has 0 saturated carbocycles. The van der Waals surface area contributed by atoms with Crippen LogP contribution in [0.5, 0.6) is 0 Å². The lowest BCUT2D eigenvalue weighted by Crippen LogP contribution is -2.26. The van der Waals surface area contributed by atoms with Crippen LogP contribution in [0.2, 0.25) is 5.02 Å². The van der Waals surface area contributed by atoms with Gasteiger partial charge in [0.25, 0.3) is 5.91 Å². The van der Waals surface area contributed by atoms with E-state index in [9.17, 15) is 4.79 Å². The molecule has 1 amide bonds. The van der Waals surface area contributed by atoms with Crippen molar-refractivity contribution in [3.8, 4) is 0 Å². The molecular formula is C17H18ClN3O. The Morgan fingerprint density at radius 1 is 1.18 bits per heavy atom. The highest BCUT2D eigenvalue weighted by Crippen LogP contribution is 2.11. The molecule has 2 aromatic rings. The maximum atomic E-state index is 11.8. The minimum atomic E-state index is -0.207. The Hall–Kier alpha value is -2.33. The average Bonchev–Trinajstić information content (AvgIpc) is 2.52. The molecule has 0 atom stereocenters. The summed E-state index contributed by atoms with van der Waals surface area (Å²) < 4.78 is 0. The molecule has 114 valence electrons. The highest BCUT2D eigenvalue weighted by Gasteiger charge is 2.02. The van der Waals surface area contributed by atoms with Crippen molar-refractivity contribution in [1.82, 2.24) is 5.43 Å². The second-order valence-electron chi connectivity index (χ2n) is 4.96. The number of nitrogens with one attached hydrogen (secondary N) is 2. The van der Waals surface area contributed by atoms with Crippen LogP contribution in [0.3, 0.4) is 0 Å². The zero-order valence-electron chi connectivity index (χ0n) is 12.6. The molecule has 2 N–H and O–H groups in total. The monoisotopic (exact) mass is 315 g/mol. The lowest BCUT2D eigenvalue weighted by atomic mass is 10.1. The van der Waals surface area contributed by atoms with Gasteiger partial charge in [0.15, 0.2) is 0 Å². The third-order valence-electron chi connectivity index (χ3n) is 3.10. The minimum absolute atomic E-state index is 0.162. The lowest BCUT2D eigenvalue weighted by molar-refractivity contribution is -0.119. The van der Waals surface area contributed by atoms with Crippen molar-refractivity contribution in [2.24, 2.45) is 5.10 Å². The van der Waals surface area contributed by atoms with Gasteiger partial charge in [-0.1, -0.05) is 41.4 Å². The first kappa shape index (κ1) is 16.0. The Morgan fingerprint density at radius 2 is 1.91 bits per heavy atom. The SMILES string of the molecule is C/C(=N\NC(=O)CNc1ccc(C)cc1)c1cccc(Cl)c1. The quantitative estimate of drug-likeness (QED) is 0.654. The molecule has 0 unspecified atom stereocenters. The molecule has 0 aliphatic heterocycles. The standard InChI is InChI=1S/C17H18ClN3O/c1-12-6-8-16(9-7-12)19-11-17(22)21-20-13(2)14-4-3-5-15(18)10-14/h3-10,19H,11H2,1-2H3,(H,21,22)/b20-13+. The number of rotatable bonds is 5. The molecule has 0 radical (unpaired) electrons. The van der Waals surface area contributed by atoms with E-state index in [1.54, 1.807) is 12.1 Å². The summed E-state index contributed by atoms with van der Waals surface area (Å²) in [4.78, 5) is 11.8. The molecule has 2 rings (SSSR count). The Bertz CT molecular complexity index is 681. The highest BCUT2D eigenvalue weighted by molar-refractivity contribution is 6.31. The van der Waals surface area contributed by atoms with E-state index >= 15 is 0 Å². The van der Waals surface area contributed by atoms with Crippen molar-refractivity contribution < 1.29 is 4.79 Å². The second kappa shape index (κ2) is 7.61. The van der Waals surface area contributed by atoms with Gasteiger partial charge in [-0.3, -0.25) is 4.79 Å². The van der Waals surface area contributed by atoms with E-state index in [-0.39, 0.29) is 12.5 Å². The summed E-state index contributed by atoms with van der Waals surface area (Å²) >= 11 is 5.93. The largest absolute Gasteiger partial charge is 0.376 e. The first-order valence-corrected chi connectivity index (χ1v) is 7.32. The van der Waals surface area contributed by atoms with E-state index in [1.807, 2.05) is 50.2 Å². The number of hydrazone groups is 1. The maximum Gasteiger partial charge on any atom is 0.259 e. The number of benzene rings is 2. The predicted octanol–water partition coefficient (Wildman–Crippen LogP) is 3.60. The van der Waals surface area contributed by atoms with Crippen LogP contribution < -0.4 is 10.7 Å². The van der Waals surface area contributed by atoms with Crippen LogP contribution in [-0.2, 0) is 4.79 Å². The van der Waals surface area contributed by atoms with Crippen LogP contribution in [0.25, 0.3) is 0 Å². The van der Waals surface area contributed by atoms with Gasteiger partial charge in [-0.05, 0) is 43.7 Å². The van der Waals surface area contributed by atoms with Crippen molar-refractivity contribution in [2.75, 3.05) is 11.9 Å². The number of carbonyl (C=O) groups excluding carboxylic acids is 1. The van der Waals surface area contributed by atoms with E-state index in [1.165, 1.54) is 5.56 Å². The van der Waals surface area contributed by atoms with Gasteiger partial charge in [0.1, 0.15) is 0 Å². The van der Waals surface area contributed by atoms with Crippen molar-refractivity contribution in [2.45, 2.75) is 13.8 Å². The van der Waals surface area contributed by atoms with Gasteiger partial charge in [-0.15, -0.1) is 0 Å². The van der Waals surface area contributed by atoms with Gasteiger partial charge in [0, 0.05) is 10.7 Å². The molecule has 0 bridgehead atoms. The molecule has 2 aromatic carbocycles. The molecule has 0 heterocycles. The zero-order chi connectivity index (χ0) is 15.9. The van der Waals surface area contributed by atoms with Gasteiger partial charge in [-0.2, -0.15) is 5.10 Å². The van der Waals surface area contributed by atoms with E-state index in [0.29, 0.717) is 10.7 Å². The predicted molar refractivity (Wildman–Crippen MR) is 91.5 cm³/mol. The fraction of sp³-hybridized carbons (Fsp3) is 0.176. The molecule has 0 aliphatic carbocycles. The van der Waals surface area contributed by atoms with Crippen LogP contribution in [0, 0.1) is 6.92 Å². The molecule has 0 fully saturated rings. The van der Waals surface area contributed by atoms with Crippen LogP contribution in [-0.4, -0.2) is 18.2 Å².